The molecule has 0 bridgehead atoms. The number of benzene rings is 2. The highest BCUT2D eigenvalue weighted by molar-refractivity contribution is 5.94. The first-order valence-electron chi connectivity index (χ1n) is 12.7. The highest BCUT2D eigenvalue weighted by atomic mass is 16.5. The molecule has 1 atom stereocenters. The zero-order chi connectivity index (χ0) is 24.4. The second-order valence-corrected chi connectivity index (χ2v) is 9.71. The quantitative estimate of drug-likeness (QED) is 0.222. The fraction of sp³-hybridized carbons (Fsp3) is 0.536. The fourth-order valence-electron chi connectivity index (χ4n) is 4.41. The summed E-state index contributed by atoms with van der Waals surface area (Å²) in [6.45, 7) is 9.12. The van der Waals surface area contributed by atoms with Crippen LogP contribution in [-0.2, 0) is 5.54 Å². The van der Waals surface area contributed by atoms with Gasteiger partial charge in [-0.25, -0.2) is 0 Å². The Hall–Kier alpha value is -2.57. The van der Waals surface area contributed by atoms with Crippen LogP contribution in [0.1, 0.15) is 63.5 Å². The molecule has 6 nitrogen and oxygen atoms in total. The zero-order valence-electron chi connectivity index (χ0n) is 20.9. The van der Waals surface area contributed by atoms with Crippen LogP contribution in [0.4, 0.5) is 0 Å². The third-order valence-electron chi connectivity index (χ3n) is 7.03. The van der Waals surface area contributed by atoms with Crippen LogP contribution in [0.3, 0.4) is 0 Å². The second kappa shape index (κ2) is 12.8. The third kappa shape index (κ3) is 8.03. The van der Waals surface area contributed by atoms with Crippen LogP contribution >= 0.6 is 0 Å². The summed E-state index contributed by atoms with van der Waals surface area (Å²) in [6, 6.07) is 15.7. The van der Waals surface area contributed by atoms with Gasteiger partial charge >= 0.3 is 0 Å². The largest absolute Gasteiger partial charge is 0.494 e. The fourth-order valence-corrected chi connectivity index (χ4v) is 4.41. The molecule has 5 N–H and O–H groups in total. The lowest BCUT2D eigenvalue weighted by atomic mass is 9.91. The second-order valence-electron chi connectivity index (χ2n) is 9.71. The van der Waals surface area contributed by atoms with Gasteiger partial charge in [-0.2, -0.15) is 0 Å². The van der Waals surface area contributed by atoms with Crippen LogP contribution in [0.5, 0.6) is 11.5 Å². The van der Waals surface area contributed by atoms with E-state index in [1.165, 1.54) is 32.4 Å². The number of amidine groups is 1. The number of ether oxygens (including phenoxy) is 2. The smallest absolute Gasteiger partial charge is 0.122 e. The van der Waals surface area contributed by atoms with Crippen molar-refractivity contribution in [3.8, 4) is 11.5 Å². The molecule has 6 heteroatoms. The minimum Gasteiger partial charge on any atom is -0.494 e. The Kier molecular flexibility index (Phi) is 9.78. The Morgan fingerprint density at radius 1 is 0.971 bits per heavy atom. The van der Waals surface area contributed by atoms with E-state index in [4.69, 9.17) is 26.4 Å². The van der Waals surface area contributed by atoms with Crippen molar-refractivity contribution in [1.82, 2.24) is 4.90 Å². The molecule has 0 amide bonds. The van der Waals surface area contributed by atoms with Gasteiger partial charge in [-0.1, -0.05) is 19.1 Å². The van der Waals surface area contributed by atoms with Gasteiger partial charge in [0.05, 0.1) is 13.2 Å². The van der Waals surface area contributed by atoms with Gasteiger partial charge in [0.25, 0.3) is 0 Å². The first kappa shape index (κ1) is 26.0. The lowest BCUT2D eigenvalue weighted by Crippen LogP contribution is -2.35. The highest BCUT2D eigenvalue weighted by Crippen LogP contribution is 2.24. The molecule has 2 aromatic carbocycles. The van der Waals surface area contributed by atoms with E-state index in [1.54, 1.807) is 0 Å². The number of likely N-dealkylation sites (tertiary alicyclic amines) is 1. The predicted molar refractivity (Wildman–Crippen MR) is 140 cm³/mol. The minimum absolute atomic E-state index is 0.0858. The standard InChI is InChI=1S/C28H42N4O2/c1-3-28(2,31)24-9-13-26(14-10-24)34-21-5-17-32-18-15-22(16-19-32)6-4-20-33-25-11-7-23(8-12-25)27(29)30/h7-14,22H,3-6,15-21,31H2,1-2H3,(H3,29,30). The van der Waals surface area contributed by atoms with Gasteiger partial charge in [0.15, 0.2) is 0 Å². The number of piperidine rings is 1. The summed E-state index contributed by atoms with van der Waals surface area (Å²) in [6.07, 6.45) is 6.79. The Bertz CT molecular complexity index is 872. The number of hydrogen-bond acceptors (Lipinski definition) is 5. The summed E-state index contributed by atoms with van der Waals surface area (Å²) in [5.41, 5.74) is 13.4. The monoisotopic (exact) mass is 466 g/mol. The summed E-state index contributed by atoms with van der Waals surface area (Å²) in [4.78, 5) is 2.57. The zero-order valence-corrected chi connectivity index (χ0v) is 20.9. The van der Waals surface area contributed by atoms with Crippen molar-refractivity contribution in [2.24, 2.45) is 17.4 Å². The molecule has 1 aliphatic heterocycles. The molecule has 1 aliphatic rings. The molecule has 0 aromatic heterocycles. The van der Waals surface area contributed by atoms with Crippen LogP contribution < -0.4 is 20.9 Å². The number of nitrogens with two attached hydrogens (primary N) is 2. The Morgan fingerprint density at radius 2 is 1.53 bits per heavy atom. The summed E-state index contributed by atoms with van der Waals surface area (Å²) >= 11 is 0. The number of nitrogens with one attached hydrogen (secondary N) is 1. The molecule has 3 rings (SSSR count). The van der Waals surface area contributed by atoms with Crippen molar-refractivity contribution in [1.29, 1.82) is 5.41 Å². The molecule has 0 saturated carbocycles. The van der Waals surface area contributed by atoms with E-state index in [0.29, 0.717) is 0 Å². The molecule has 1 fully saturated rings. The van der Waals surface area contributed by atoms with Crippen LogP contribution in [0.25, 0.3) is 0 Å². The Morgan fingerprint density at radius 3 is 2.09 bits per heavy atom. The predicted octanol–water partition coefficient (Wildman–Crippen LogP) is 4.89. The van der Waals surface area contributed by atoms with Gasteiger partial charge in [-0.05, 0) is 106 Å². The molecule has 0 radical (unpaired) electrons. The average Bonchev–Trinajstić information content (AvgIpc) is 2.86. The third-order valence-corrected chi connectivity index (χ3v) is 7.03. The molecule has 34 heavy (non-hydrogen) atoms. The number of rotatable bonds is 13. The topological polar surface area (TPSA) is 97.6 Å². The van der Waals surface area contributed by atoms with Crippen LogP contribution in [-0.4, -0.2) is 43.6 Å². The first-order chi connectivity index (χ1) is 16.4. The van der Waals surface area contributed by atoms with E-state index >= 15 is 0 Å². The van der Waals surface area contributed by atoms with E-state index in [-0.39, 0.29) is 11.4 Å². The van der Waals surface area contributed by atoms with Gasteiger partial charge in [0.1, 0.15) is 17.3 Å². The van der Waals surface area contributed by atoms with Gasteiger partial charge in [0, 0.05) is 17.6 Å². The Labute approximate surface area is 205 Å². The van der Waals surface area contributed by atoms with Crippen molar-refractivity contribution < 1.29 is 9.47 Å². The summed E-state index contributed by atoms with van der Waals surface area (Å²) in [5, 5.41) is 7.44. The number of nitrogens with zero attached hydrogens (tertiary/aromatic N) is 1. The summed E-state index contributed by atoms with van der Waals surface area (Å²) in [5.74, 6) is 2.65. The van der Waals surface area contributed by atoms with Gasteiger partial charge < -0.3 is 25.8 Å². The lowest BCUT2D eigenvalue weighted by molar-refractivity contribution is 0.161. The lowest BCUT2D eigenvalue weighted by Gasteiger charge is -2.32. The maximum absolute atomic E-state index is 7.44. The van der Waals surface area contributed by atoms with Crippen LogP contribution in [0, 0.1) is 11.3 Å². The van der Waals surface area contributed by atoms with E-state index in [0.717, 1.165) is 67.6 Å². The van der Waals surface area contributed by atoms with Crippen LogP contribution in [0.2, 0.25) is 0 Å². The first-order valence-corrected chi connectivity index (χ1v) is 12.7. The van der Waals surface area contributed by atoms with Crippen molar-refractivity contribution in [3.63, 3.8) is 0 Å². The number of nitrogen functional groups attached to an aromatic ring is 1. The molecule has 0 aliphatic carbocycles. The van der Waals surface area contributed by atoms with E-state index < -0.39 is 0 Å². The summed E-state index contributed by atoms with van der Waals surface area (Å²) < 4.78 is 11.8. The van der Waals surface area contributed by atoms with Gasteiger partial charge in [-0.15, -0.1) is 0 Å². The van der Waals surface area contributed by atoms with E-state index in [1.807, 2.05) is 36.4 Å². The van der Waals surface area contributed by atoms with Gasteiger partial charge in [0.2, 0.25) is 0 Å². The molecule has 2 aromatic rings. The molecule has 0 spiro atoms. The Balaban J connectivity index is 1.24. The average molecular weight is 467 g/mol. The maximum Gasteiger partial charge on any atom is 0.122 e. The van der Waals surface area contributed by atoms with Crippen molar-refractivity contribution in [2.75, 3.05) is 32.8 Å². The molecule has 1 saturated heterocycles. The van der Waals surface area contributed by atoms with E-state index in [2.05, 4.69) is 30.9 Å². The molecular weight excluding hydrogens is 424 g/mol. The highest BCUT2D eigenvalue weighted by Gasteiger charge is 2.19. The maximum atomic E-state index is 7.44. The normalized spacial score (nSPS) is 16.7. The van der Waals surface area contributed by atoms with Gasteiger partial charge in [-0.3, -0.25) is 5.41 Å². The molecule has 1 heterocycles. The molecule has 1 unspecified atom stereocenters. The molecule has 186 valence electrons. The minimum atomic E-state index is -0.277. The van der Waals surface area contributed by atoms with Crippen molar-refractivity contribution in [2.45, 2.75) is 57.9 Å². The van der Waals surface area contributed by atoms with Crippen molar-refractivity contribution >= 4 is 5.84 Å². The summed E-state index contributed by atoms with van der Waals surface area (Å²) in [7, 11) is 0. The number of hydrogen-bond donors (Lipinski definition) is 3. The SMILES string of the molecule is CCC(C)(N)c1ccc(OCCCN2CCC(CCCOc3ccc(C(=N)N)cc3)CC2)cc1. The molecular formula is C28H42N4O2. The van der Waals surface area contributed by atoms with E-state index in [9.17, 15) is 0 Å². The van der Waals surface area contributed by atoms with Crippen molar-refractivity contribution in [3.05, 3.63) is 59.7 Å². The van der Waals surface area contributed by atoms with Crippen LogP contribution in [0.15, 0.2) is 48.5 Å².